The summed E-state index contributed by atoms with van der Waals surface area (Å²) in [6.07, 6.45) is 3.67. The summed E-state index contributed by atoms with van der Waals surface area (Å²) in [6.45, 7) is 1.87. The molecule has 0 saturated carbocycles. The summed E-state index contributed by atoms with van der Waals surface area (Å²) in [5.41, 5.74) is 0.424. The first-order chi connectivity index (χ1) is 8.18. The molecule has 1 atom stereocenters. The van der Waals surface area contributed by atoms with E-state index in [9.17, 15) is 4.39 Å². The Kier molecular flexibility index (Phi) is 4.24. The highest BCUT2D eigenvalue weighted by molar-refractivity contribution is 6.33. The number of anilines is 1. The maximum absolute atomic E-state index is 13.5. The van der Waals surface area contributed by atoms with Crippen molar-refractivity contribution in [1.82, 2.24) is 4.90 Å². The third-order valence-corrected chi connectivity index (χ3v) is 3.71. The second-order valence-corrected chi connectivity index (χ2v) is 5.01. The van der Waals surface area contributed by atoms with Gasteiger partial charge in [-0.2, -0.15) is 0 Å². The SMILES string of the molecule is CN1CCCCC1CNc1c(F)cccc1Cl. The van der Waals surface area contributed by atoms with E-state index in [-0.39, 0.29) is 5.82 Å². The first kappa shape index (κ1) is 12.7. The van der Waals surface area contributed by atoms with Crippen LogP contribution in [0, 0.1) is 5.82 Å². The number of benzene rings is 1. The predicted octanol–water partition coefficient (Wildman–Crippen LogP) is 3.38. The van der Waals surface area contributed by atoms with Crippen LogP contribution in [0.25, 0.3) is 0 Å². The van der Waals surface area contributed by atoms with Crippen molar-refractivity contribution in [1.29, 1.82) is 0 Å². The molecule has 0 aromatic heterocycles. The summed E-state index contributed by atoms with van der Waals surface area (Å²) in [6, 6.07) is 5.23. The number of halogens is 2. The van der Waals surface area contributed by atoms with E-state index < -0.39 is 0 Å². The fourth-order valence-electron chi connectivity index (χ4n) is 2.29. The number of piperidine rings is 1. The molecule has 2 rings (SSSR count). The minimum absolute atomic E-state index is 0.282. The van der Waals surface area contributed by atoms with Crippen molar-refractivity contribution < 1.29 is 4.39 Å². The highest BCUT2D eigenvalue weighted by atomic mass is 35.5. The molecule has 2 nitrogen and oxygen atoms in total. The average Bonchev–Trinajstić information content (AvgIpc) is 2.30. The normalized spacial score (nSPS) is 21.5. The van der Waals surface area contributed by atoms with Crippen molar-refractivity contribution >= 4 is 17.3 Å². The topological polar surface area (TPSA) is 15.3 Å². The largest absolute Gasteiger partial charge is 0.380 e. The Balaban J connectivity index is 1.97. The van der Waals surface area contributed by atoms with Gasteiger partial charge in [-0.25, -0.2) is 4.39 Å². The Bertz CT molecular complexity index is 363. The first-order valence-electron chi connectivity index (χ1n) is 6.06. The molecule has 4 heteroatoms. The van der Waals surface area contributed by atoms with Crippen LogP contribution in [0.15, 0.2) is 18.2 Å². The molecule has 94 valence electrons. The van der Waals surface area contributed by atoms with Crippen molar-refractivity contribution in [3.05, 3.63) is 29.0 Å². The quantitative estimate of drug-likeness (QED) is 0.892. The van der Waals surface area contributed by atoms with Crippen LogP contribution in [0.3, 0.4) is 0 Å². The highest BCUT2D eigenvalue weighted by Crippen LogP contribution is 2.25. The van der Waals surface area contributed by atoms with Gasteiger partial charge in [0.1, 0.15) is 5.82 Å². The van der Waals surface area contributed by atoms with Gasteiger partial charge in [-0.15, -0.1) is 0 Å². The molecule has 0 aliphatic carbocycles. The molecule has 1 fully saturated rings. The number of para-hydroxylation sites is 1. The minimum Gasteiger partial charge on any atom is -0.380 e. The fraction of sp³-hybridized carbons (Fsp3) is 0.538. The summed E-state index contributed by atoms with van der Waals surface area (Å²) in [7, 11) is 2.12. The van der Waals surface area contributed by atoms with Gasteiger partial charge in [0.15, 0.2) is 0 Å². The number of likely N-dealkylation sites (tertiary alicyclic amines) is 1. The van der Waals surface area contributed by atoms with Crippen molar-refractivity contribution in [2.45, 2.75) is 25.3 Å². The third-order valence-electron chi connectivity index (χ3n) is 3.40. The zero-order chi connectivity index (χ0) is 12.3. The van der Waals surface area contributed by atoms with E-state index in [1.54, 1.807) is 12.1 Å². The van der Waals surface area contributed by atoms with Crippen LogP contribution in [0.4, 0.5) is 10.1 Å². The second-order valence-electron chi connectivity index (χ2n) is 4.61. The number of nitrogens with zero attached hydrogens (tertiary/aromatic N) is 1. The summed E-state index contributed by atoms with van der Waals surface area (Å²) in [5.74, 6) is -0.282. The van der Waals surface area contributed by atoms with Gasteiger partial charge in [0.25, 0.3) is 0 Å². The molecule has 1 N–H and O–H groups in total. The molecular formula is C13H18ClFN2. The van der Waals surface area contributed by atoms with Gasteiger partial charge in [-0.3, -0.25) is 0 Å². The molecular weight excluding hydrogens is 239 g/mol. The summed E-state index contributed by atoms with van der Waals surface area (Å²) in [4.78, 5) is 2.32. The van der Waals surface area contributed by atoms with Gasteiger partial charge >= 0.3 is 0 Å². The summed E-state index contributed by atoms with van der Waals surface area (Å²) >= 11 is 5.97. The molecule has 0 radical (unpaired) electrons. The Hall–Kier alpha value is -0.800. The third kappa shape index (κ3) is 3.11. The van der Waals surface area contributed by atoms with Crippen LogP contribution in [0.2, 0.25) is 5.02 Å². The van der Waals surface area contributed by atoms with E-state index in [1.165, 1.54) is 18.9 Å². The van der Waals surface area contributed by atoms with Crippen LogP contribution in [0.5, 0.6) is 0 Å². The Labute approximate surface area is 107 Å². The van der Waals surface area contributed by atoms with Gasteiger partial charge in [-0.05, 0) is 38.6 Å². The maximum Gasteiger partial charge on any atom is 0.147 e. The molecule has 17 heavy (non-hydrogen) atoms. The minimum atomic E-state index is -0.282. The van der Waals surface area contributed by atoms with E-state index >= 15 is 0 Å². The maximum atomic E-state index is 13.5. The molecule has 1 aliphatic rings. The van der Waals surface area contributed by atoms with Gasteiger partial charge in [0.05, 0.1) is 10.7 Å². The smallest absolute Gasteiger partial charge is 0.147 e. The lowest BCUT2D eigenvalue weighted by atomic mass is 10.0. The second kappa shape index (κ2) is 5.69. The van der Waals surface area contributed by atoms with Gasteiger partial charge in [0.2, 0.25) is 0 Å². The van der Waals surface area contributed by atoms with Crippen molar-refractivity contribution in [2.75, 3.05) is 25.5 Å². The van der Waals surface area contributed by atoms with E-state index in [1.807, 2.05) is 0 Å². The lowest BCUT2D eigenvalue weighted by Crippen LogP contribution is -2.40. The number of likely N-dealkylation sites (N-methyl/N-ethyl adjacent to an activating group) is 1. The van der Waals surface area contributed by atoms with E-state index in [0.717, 1.165) is 19.5 Å². The number of hydrogen-bond donors (Lipinski definition) is 1. The molecule has 0 bridgehead atoms. The molecule has 1 saturated heterocycles. The zero-order valence-corrected chi connectivity index (χ0v) is 10.8. The first-order valence-corrected chi connectivity index (χ1v) is 6.44. The van der Waals surface area contributed by atoms with Gasteiger partial charge in [-0.1, -0.05) is 24.1 Å². The molecule has 1 aromatic carbocycles. The van der Waals surface area contributed by atoms with Crippen LogP contribution in [-0.2, 0) is 0 Å². The number of rotatable bonds is 3. The van der Waals surface area contributed by atoms with Gasteiger partial charge in [0, 0.05) is 12.6 Å². The summed E-state index contributed by atoms with van der Waals surface area (Å²) < 4.78 is 13.5. The Morgan fingerprint density at radius 2 is 2.29 bits per heavy atom. The monoisotopic (exact) mass is 256 g/mol. The summed E-state index contributed by atoms with van der Waals surface area (Å²) in [5, 5.41) is 3.58. The highest BCUT2D eigenvalue weighted by Gasteiger charge is 2.19. The van der Waals surface area contributed by atoms with Crippen LogP contribution in [0.1, 0.15) is 19.3 Å². The molecule has 1 unspecified atom stereocenters. The fourth-order valence-corrected chi connectivity index (χ4v) is 2.52. The molecule has 0 spiro atoms. The number of nitrogens with one attached hydrogen (secondary N) is 1. The standard InChI is InChI=1S/C13H18ClFN2/c1-17-8-3-2-5-10(17)9-16-13-11(14)6-4-7-12(13)15/h4,6-7,10,16H,2-3,5,8-9H2,1H3. The molecule has 1 aliphatic heterocycles. The van der Waals surface area contributed by atoms with E-state index in [4.69, 9.17) is 11.6 Å². The van der Waals surface area contributed by atoms with Crippen molar-refractivity contribution in [3.8, 4) is 0 Å². The van der Waals surface area contributed by atoms with Crippen LogP contribution >= 0.6 is 11.6 Å². The predicted molar refractivity (Wildman–Crippen MR) is 70.2 cm³/mol. The molecule has 1 aromatic rings. The zero-order valence-electron chi connectivity index (χ0n) is 10.0. The average molecular weight is 257 g/mol. The van der Waals surface area contributed by atoms with E-state index in [0.29, 0.717) is 16.8 Å². The number of hydrogen-bond acceptors (Lipinski definition) is 2. The molecule has 0 amide bonds. The van der Waals surface area contributed by atoms with Crippen LogP contribution in [-0.4, -0.2) is 31.1 Å². The lowest BCUT2D eigenvalue weighted by molar-refractivity contribution is 0.194. The Morgan fingerprint density at radius 3 is 3.00 bits per heavy atom. The van der Waals surface area contributed by atoms with Crippen LogP contribution < -0.4 is 5.32 Å². The van der Waals surface area contributed by atoms with Gasteiger partial charge < -0.3 is 10.2 Å². The Morgan fingerprint density at radius 1 is 1.47 bits per heavy atom. The lowest BCUT2D eigenvalue weighted by Gasteiger charge is -2.32. The molecule has 1 heterocycles. The van der Waals surface area contributed by atoms with Crippen molar-refractivity contribution in [2.24, 2.45) is 0 Å². The van der Waals surface area contributed by atoms with E-state index in [2.05, 4.69) is 17.3 Å². The van der Waals surface area contributed by atoms with Crippen molar-refractivity contribution in [3.63, 3.8) is 0 Å².